The van der Waals surface area contributed by atoms with E-state index in [1.54, 1.807) is 12.5 Å². The summed E-state index contributed by atoms with van der Waals surface area (Å²) in [6.45, 7) is 2.86. The quantitative estimate of drug-likeness (QED) is 0.913. The normalized spacial score (nSPS) is 25.0. The molecular formula is C16H25N5O. The Morgan fingerprint density at radius 2 is 2.00 bits per heavy atom. The highest BCUT2D eigenvalue weighted by molar-refractivity contribution is 5.81. The molecule has 0 aliphatic carbocycles. The van der Waals surface area contributed by atoms with E-state index in [0.717, 1.165) is 57.6 Å². The van der Waals surface area contributed by atoms with Crippen LogP contribution in [0.15, 0.2) is 18.6 Å². The third-order valence-corrected chi connectivity index (χ3v) is 4.79. The Morgan fingerprint density at radius 3 is 2.73 bits per heavy atom. The van der Waals surface area contributed by atoms with Crippen molar-refractivity contribution in [1.82, 2.24) is 19.8 Å². The molecule has 22 heavy (non-hydrogen) atoms. The Balaban J connectivity index is 1.53. The second kappa shape index (κ2) is 7.05. The number of anilines is 1. The summed E-state index contributed by atoms with van der Waals surface area (Å²) in [6.07, 6.45) is 8.72. The van der Waals surface area contributed by atoms with Gasteiger partial charge in [0.15, 0.2) is 0 Å². The van der Waals surface area contributed by atoms with Crippen LogP contribution in [0.2, 0.25) is 0 Å². The van der Waals surface area contributed by atoms with E-state index < -0.39 is 0 Å². The van der Waals surface area contributed by atoms with E-state index in [0.29, 0.717) is 11.9 Å². The van der Waals surface area contributed by atoms with E-state index in [4.69, 9.17) is 0 Å². The zero-order valence-electron chi connectivity index (χ0n) is 13.2. The van der Waals surface area contributed by atoms with E-state index in [1.807, 2.05) is 18.0 Å². The number of carbonyl (C=O) groups excluding carboxylic acids is 1. The van der Waals surface area contributed by atoms with E-state index in [9.17, 15) is 4.79 Å². The topological polar surface area (TPSA) is 61.4 Å². The van der Waals surface area contributed by atoms with Gasteiger partial charge < -0.3 is 10.2 Å². The molecule has 6 nitrogen and oxygen atoms in total. The maximum Gasteiger partial charge on any atom is 0.239 e. The van der Waals surface area contributed by atoms with Gasteiger partial charge in [-0.05, 0) is 38.2 Å². The number of hydrogen-bond donors (Lipinski definition) is 1. The predicted octanol–water partition coefficient (Wildman–Crippen LogP) is 1.36. The van der Waals surface area contributed by atoms with Crippen molar-refractivity contribution in [2.24, 2.45) is 0 Å². The Labute approximate surface area is 131 Å². The molecule has 1 unspecified atom stereocenters. The summed E-state index contributed by atoms with van der Waals surface area (Å²) in [6, 6.07) is 2.42. The smallest absolute Gasteiger partial charge is 0.239 e. The molecule has 2 saturated heterocycles. The molecule has 2 aliphatic rings. The Morgan fingerprint density at radius 1 is 1.18 bits per heavy atom. The van der Waals surface area contributed by atoms with Gasteiger partial charge in [0.05, 0.1) is 6.04 Å². The lowest BCUT2D eigenvalue weighted by molar-refractivity contribution is -0.135. The number of rotatable bonds is 3. The molecular weight excluding hydrogens is 278 g/mol. The maximum atomic E-state index is 12.5. The van der Waals surface area contributed by atoms with Gasteiger partial charge in [0.25, 0.3) is 0 Å². The first-order valence-electron chi connectivity index (χ1n) is 8.25. The van der Waals surface area contributed by atoms with Gasteiger partial charge in [-0.1, -0.05) is 0 Å². The molecule has 0 aromatic carbocycles. The number of likely N-dealkylation sites (tertiary alicyclic amines) is 2. The van der Waals surface area contributed by atoms with Gasteiger partial charge >= 0.3 is 0 Å². The van der Waals surface area contributed by atoms with Crippen molar-refractivity contribution >= 4 is 11.7 Å². The van der Waals surface area contributed by atoms with Gasteiger partial charge in [0, 0.05) is 38.9 Å². The molecule has 3 rings (SSSR count). The van der Waals surface area contributed by atoms with Crippen LogP contribution in [0, 0.1) is 0 Å². The zero-order chi connectivity index (χ0) is 15.4. The Hall–Kier alpha value is -1.69. The minimum atomic E-state index is 0.0903. The van der Waals surface area contributed by atoms with Crippen molar-refractivity contribution in [2.75, 3.05) is 32.0 Å². The number of nitrogens with one attached hydrogen (secondary N) is 1. The molecule has 2 fully saturated rings. The lowest BCUT2D eigenvalue weighted by atomic mass is 10.0. The summed E-state index contributed by atoms with van der Waals surface area (Å²) in [4.78, 5) is 24.9. The van der Waals surface area contributed by atoms with Crippen molar-refractivity contribution in [3.05, 3.63) is 18.6 Å². The van der Waals surface area contributed by atoms with Gasteiger partial charge in [-0.25, -0.2) is 9.97 Å². The number of nitrogens with zero attached hydrogens (tertiary/aromatic N) is 4. The fourth-order valence-electron chi connectivity index (χ4n) is 3.45. The first-order valence-corrected chi connectivity index (χ1v) is 8.25. The molecule has 2 aliphatic heterocycles. The van der Waals surface area contributed by atoms with Crippen molar-refractivity contribution < 1.29 is 4.79 Å². The molecule has 1 amide bonds. The summed E-state index contributed by atoms with van der Waals surface area (Å²) in [5.74, 6) is 1.19. The first-order chi connectivity index (χ1) is 10.7. The molecule has 1 atom stereocenters. The molecule has 1 N–H and O–H groups in total. The fourth-order valence-corrected chi connectivity index (χ4v) is 3.45. The van der Waals surface area contributed by atoms with E-state index >= 15 is 0 Å². The van der Waals surface area contributed by atoms with Gasteiger partial charge in [0.1, 0.15) is 12.1 Å². The van der Waals surface area contributed by atoms with Crippen molar-refractivity contribution in [2.45, 2.75) is 44.2 Å². The van der Waals surface area contributed by atoms with Gasteiger partial charge in [0.2, 0.25) is 5.91 Å². The van der Waals surface area contributed by atoms with Crippen LogP contribution in [0.4, 0.5) is 5.82 Å². The molecule has 0 bridgehead atoms. The van der Waals surface area contributed by atoms with Crippen LogP contribution in [0.1, 0.15) is 32.1 Å². The molecule has 1 aromatic heterocycles. The number of amides is 1. The van der Waals surface area contributed by atoms with Gasteiger partial charge in [-0.3, -0.25) is 9.69 Å². The van der Waals surface area contributed by atoms with Crippen LogP contribution in [-0.4, -0.2) is 64.4 Å². The second-order valence-electron chi connectivity index (χ2n) is 6.32. The maximum absolute atomic E-state index is 12.5. The molecule has 3 heterocycles. The standard InChI is InChI=1S/C16H25N5O/c1-20-9-3-2-4-14(16(20)22)21-10-6-13(7-11-21)19-15-5-8-17-12-18-15/h5,8,12-14H,2-4,6-7,9-11H2,1H3,(H,17,18,19). The van der Waals surface area contributed by atoms with Crippen molar-refractivity contribution in [3.63, 3.8) is 0 Å². The minimum absolute atomic E-state index is 0.0903. The highest BCUT2D eigenvalue weighted by Crippen LogP contribution is 2.22. The van der Waals surface area contributed by atoms with Crippen LogP contribution < -0.4 is 5.32 Å². The van der Waals surface area contributed by atoms with E-state index in [1.165, 1.54) is 0 Å². The van der Waals surface area contributed by atoms with Crippen LogP contribution in [-0.2, 0) is 4.79 Å². The molecule has 0 radical (unpaired) electrons. The lowest BCUT2D eigenvalue weighted by Gasteiger charge is -2.37. The Bertz CT molecular complexity index is 487. The lowest BCUT2D eigenvalue weighted by Crippen LogP contribution is -2.50. The highest BCUT2D eigenvalue weighted by Gasteiger charge is 2.32. The minimum Gasteiger partial charge on any atom is -0.367 e. The molecule has 1 aromatic rings. The predicted molar refractivity (Wildman–Crippen MR) is 85.5 cm³/mol. The summed E-state index contributed by atoms with van der Waals surface area (Å²) in [5.41, 5.74) is 0. The fraction of sp³-hybridized carbons (Fsp3) is 0.688. The summed E-state index contributed by atoms with van der Waals surface area (Å²) >= 11 is 0. The number of aromatic nitrogens is 2. The highest BCUT2D eigenvalue weighted by atomic mass is 16.2. The zero-order valence-corrected chi connectivity index (χ0v) is 13.2. The van der Waals surface area contributed by atoms with Crippen LogP contribution in [0.5, 0.6) is 0 Å². The third kappa shape index (κ3) is 3.55. The number of carbonyl (C=O) groups is 1. The SMILES string of the molecule is CN1CCCCC(N2CCC(Nc3ccncn3)CC2)C1=O. The first kappa shape index (κ1) is 15.2. The average Bonchev–Trinajstić information content (AvgIpc) is 2.72. The van der Waals surface area contributed by atoms with Gasteiger partial charge in [-0.15, -0.1) is 0 Å². The van der Waals surface area contributed by atoms with Crippen LogP contribution in [0.3, 0.4) is 0 Å². The van der Waals surface area contributed by atoms with E-state index in [2.05, 4.69) is 20.2 Å². The summed E-state index contributed by atoms with van der Waals surface area (Å²) in [7, 11) is 1.93. The summed E-state index contributed by atoms with van der Waals surface area (Å²) < 4.78 is 0. The Kier molecular flexibility index (Phi) is 4.87. The van der Waals surface area contributed by atoms with Crippen LogP contribution >= 0.6 is 0 Å². The molecule has 6 heteroatoms. The number of likely N-dealkylation sites (N-methyl/N-ethyl adjacent to an activating group) is 1. The summed E-state index contributed by atoms with van der Waals surface area (Å²) in [5, 5.41) is 3.46. The van der Waals surface area contributed by atoms with E-state index in [-0.39, 0.29) is 6.04 Å². The number of hydrogen-bond acceptors (Lipinski definition) is 5. The van der Waals surface area contributed by atoms with Crippen molar-refractivity contribution in [1.29, 1.82) is 0 Å². The average molecular weight is 303 g/mol. The largest absolute Gasteiger partial charge is 0.367 e. The monoisotopic (exact) mass is 303 g/mol. The molecule has 0 spiro atoms. The van der Waals surface area contributed by atoms with Gasteiger partial charge in [-0.2, -0.15) is 0 Å². The molecule has 120 valence electrons. The van der Waals surface area contributed by atoms with Crippen LogP contribution in [0.25, 0.3) is 0 Å². The number of piperidine rings is 1. The third-order valence-electron chi connectivity index (χ3n) is 4.79. The second-order valence-corrected chi connectivity index (χ2v) is 6.32. The van der Waals surface area contributed by atoms with Crippen molar-refractivity contribution in [3.8, 4) is 0 Å². The molecule has 0 saturated carbocycles.